The number of nitrogens with one attached hydrogen (secondary N) is 2. The molecule has 0 aliphatic carbocycles. The third-order valence-corrected chi connectivity index (χ3v) is 1.85. The second-order valence-corrected chi connectivity index (χ2v) is 3.26. The number of carbonyl (C=O) groups excluding carboxylic acids is 2. The van der Waals surface area contributed by atoms with E-state index in [0.29, 0.717) is 5.69 Å². The lowest BCUT2D eigenvalue weighted by molar-refractivity contribution is -0.127. The van der Waals surface area contributed by atoms with Gasteiger partial charge in [0, 0.05) is 12.8 Å². The quantitative estimate of drug-likeness (QED) is 0.788. The van der Waals surface area contributed by atoms with Crippen LogP contribution in [0.4, 0.5) is 10.1 Å². The molecular weight excluding hydrogens is 227 g/mol. The average molecular weight is 240 g/mol. The summed E-state index contributed by atoms with van der Waals surface area (Å²) in [7, 11) is 1.39. The van der Waals surface area contributed by atoms with E-state index in [1.54, 1.807) is 0 Å². The predicted octanol–water partition coefficient (Wildman–Crippen LogP) is 0.527. The lowest BCUT2D eigenvalue weighted by Gasteiger charge is -2.06. The molecule has 2 N–H and O–H groups in total. The minimum atomic E-state index is -0.388. The molecule has 0 atom stereocenters. The van der Waals surface area contributed by atoms with Crippen LogP contribution < -0.4 is 10.6 Å². The van der Waals surface area contributed by atoms with Crippen LogP contribution in [0.2, 0.25) is 0 Å². The Morgan fingerprint density at radius 2 is 1.88 bits per heavy atom. The van der Waals surface area contributed by atoms with Crippen molar-refractivity contribution in [3.63, 3.8) is 0 Å². The number of amides is 2. The third-order valence-electron chi connectivity index (χ3n) is 1.85. The molecule has 2 amide bonds. The van der Waals surface area contributed by atoms with Gasteiger partial charge in [-0.2, -0.15) is 0 Å². The van der Waals surface area contributed by atoms with Crippen molar-refractivity contribution in [3.05, 3.63) is 30.1 Å². The molecule has 0 aromatic heterocycles. The van der Waals surface area contributed by atoms with Gasteiger partial charge in [-0.25, -0.2) is 4.39 Å². The molecule has 6 heteroatoms. The molecule has 0 aliphatic rings. The molecule has 0 unspecified atom stereocenters. The summed E-state index contributed by atoms with van der Waals surface area (Å²) in [4.78, 5) is 22.3. The van der Waals surface area contributed by atoms with E-state index >= 15 is 0 Å². The van der Waals surface area contributed by atoms with Crippen LogP contribution in [0.3, 0.4) is 0 Å². The molecule has 92 valence electrons. The third kappa shape index (κ3) is 5.07. The largest absolute Gasteiger partial charge is 0.375 e. The summed E-state index contributed by atoms with van der Waals surface area (Å²) in [5, 5.41) is 4.87. The summed E-state index contributed by atoms with van der Waals surface area (Å²) in [6, 6.07) is 5.34. The fraction of sp³-hybridized carbons (Fsp3) is 0.273. The van der Waals surface area contributed by atoms with Crippen molar-refractivity contribution in [1.82, 2.24) is 5.32 Å². The van der Waals surface area contributed by atoms with Gasteiger partial charge in [-0.15, -0.1) is 0 Å². The molecule has 17 heavy (non-hydrogen) atoms. The fourth-order valence-electron chi connectivity index (χ4n) is 1.10. The van der Waals surface area contributed by atoms with Crippen LogP contribution in [0.15, 0.2) is 24.3 Å². The van der Waals surface area contributed by atoms with Crippen molar-refractivity contribution in [2.24, 2.45) is 0 Å². The number of halogens is 1. The summed E-state index contributed by atoms with van der Waals surface area (Å²) < 4.78 is 17.2. The molecule has 0 heterocycles. The van der Waals surface area contributed by atoms with Crippen LogP contribution in [0.5, 0.6) is 0 Å². The predicted molar refractivity (Wildman–Crippen MR) is 59.9 cm³/mol. The van der Waals surface area contributed by atoms with E-state index in [4.69, 9.17) is 0 Å². The molecule has 0 saturated heterocycles. The first-order valence-electron chi connectivity index (χ1n) is 4.93. The summed E-state index contributed by atoms with van der Waals surface area (Å²) in [6.07, 6.45) is 0. The van der Waals surface area contributed by atoms with Crippen LogP contribution in [0, 0.1) is 5.82 Å². The van der Waals surface area contributed by atoms with Gasteiger partial charge >= 0.3 is 0 Å². The lowest BCUT2D eigenvalue weighted by Crippen LogP contribution is -2.34. The van der Waals surface area contributed by atoms with Gasteiger partial charge in [-0.3, -0.25) is 9.59 Å². The minimum absolute atomic E-state index is 0.0934. The molecule has 5 nitrogen and oxygen atoms in total. The number of rotatable bonds is 5. The first kappa shape index (κ1) is 13.1. The first-order valence-corrected chi connectivity index (χ1v) is 4.93. The lowest BCUT2D eigenvalue weighted by atomic mass is 10.3. The van der Waals surface area contributed by atoms with E-state index < -0.39 is 0 Å². The molecule has 1 rings (SSSR count). The number of carbonyl (C=O) groups is 2. The SMILES string of the molecule is COCC(=O)NCC(=O)Nc1ccc(F)cc1. The van der Waals surface area contributed by atoms with Crippen molar-refractivity contribution in [1.29, 1.82) is 0 Å². The van der Waals surface area contributed by atoms with Gasteiger partial charge in [-0.05, 0) is 24.3 Å². The summed E-state index contributed by atoms with van der Waals surface area (Å²) in [6.45, 7) is -0.247. The Bertz CT molecular complexity index is 392. The molecular formula is C11H13FN2O3. The zero-order chi connectivity index (χ0) is 12.7. The molecule has 0 aliphatic heterocycles. The van der Waals surface area contributed by atoms with Crippen molar-refractivity contribution in [2.45, 2.75) is 0 Å². The highest BCUT2D eigenvalue weighted by molar-refractivity contribution is 5.94. The van der Waals surface area contributed by atoms with Gasteiger partial charge in [0.05, 0.1) is 6.54 Å². The summed E-state index contributed by atoms with van der Waals surface area (Å²) in [5.74, 6) is -1.14. The summed E-state index contributed by atoms with van der Waals surface area (Å²) in [5.41, 5.74) is 0.470. The second kappa shape index (κ2) is 6.59. The molecule has 0 saturated carbocycles. The number of methoxy groups -OCH3 is 1. The number of hydrogen-bond acceptors (Lipinski definition) is 3. The Morgan fingerprint density at radius 1 is 1.24 bits per heavy atom. The van der Waals surface area contributed by atoms with E-state index in [2.05, 4.69) is 15.4 Å². The van der Waals surface area contributed by atoms with Crippen LogP contribution in [-0.4, -0.2) is 32.1 Å². The van der Waals surface area contributed by atoms with Gasteiger partial charge in [0.2, 0.25) is 11.8 Å². The molecule has 0 radical (unpaired) electrons. The number of ether oxygens (including phenoxy) is 1. The van der Waals surface area contributed by atoms with E-state index in [0.717, 1.165) is 0 Å². The van der Waals surface area contributed by atoms with Gasteiger partial charge < -0.3 is 15.4 Å². The van der Waals surface area contributed by atoms with Crippen molar-refractivity contribution < 1.29 is 18.7 Å². The summed E-state index contributed by atoms with van der Waals surface area (Å²) >= 11 is 0. The highest BCUT2D eigenvalue weighted by Gasteiger charge is 2.05. The van der Waals surface area contributed by atoms with E-state index in [-0.39, 0.29) is 30.8 Å². The highest BCUT2D eigenvalue weighted by Crippen LogP contribution is 2.07. The van der Waals surface area contributed by atoms with Crippen LogP contribution in [-0.2, 0) is 14.3 Å². The number of anilines is 1. The smallest absolute Gasteiger partial charge is 0.246 e. The normalized spacial score (nSPS) is 9.76. The van der Waals surface area contributed by atoms with Crippen molar-refractivity contribution >= 4 is 17.5 Å². The second-order valence-electron chi connectivity index (χ2n) is 3.26. The van der Waals surface area contributed by atoms with Gasteiger partial charge in [0.1, 0.15) is 12.4 Å². The zero-order valence-corrected chi connectivity index (χ0v) is 9.33. The zero-order valence-electron chi connectivity index (χ0n) is 9.33. The Hall–Kier alpha value is -1.95. The van der Waals surface area contributed by atoms with Crippen LogP contribution in [0.1, 0.15) is 0 Å². The fourth-order valence-corrected chi connectivity index (χ4v) is 1.10. The Kier molecular flexibility index (Phi) is 5.09. The minimum Gasteiger partial charge on any atom is -0.375 e. The first-order chi connectivity index (χ1) is 8.11. The van der Waals surface area contributed by atoms with Gasteiger partial charge in [0.15, 0.2) is 0 Å². The standard InChI is InChI=1S/C11H13FN2O3/c1-17-7-11(16)13-6-10(15)14-9-4-2-8(12)3-5-9/h2-5H,6-7H2,1H3,(H,13,16)(H,14,15). The molecule has 0 fully saturated rings. The molecule has 1 aromatic rings. The topological polar surface area (TPSA) is 67.4 Å². The molecule has 0 spiro atoms. The van der Waals surface area contributed by atoms with E-state index in [1.807, 2.05) is 0 Å². The maximum Gasteiger partial charge on any atom is 0.246 e. The number of benzene rings is 1. The van der Waals surface area contributed by atoms with Crippen LogP contribution >= 0.6 is 0 Å². The Balaban J connectivity index is 2.34. The highest BCUT2D eigenvalue weighted by atomic mass is 19.1. The number of hydrogen-bond donors (Lipinski definition) is 2. The van der Waals surface area contributed by atoms with Gasteiger partial charge in [0.25, 0.3) is 0 Å². The van der Waals surface area contributed by atoms with Crippen molar-refractivity contribution in [2.75, 3.05) is 25.6 Å². The van der Waals surface area contributed by atoms with E-state index in [9.17, 15) is 14.0 Å². The average Bonchev–Trinajstić information content (AvgIpc) is 2.30. The molecule has 1 aromatic carbocycles. The maximum absolute atomic E-state index is 12.6. The van der Waals surface area contributed by atoms with Crippen molar-refractivity contribution in [3.8, 4) is 0 Å². The van der Waals surface area contributed by atoms with Crippen LogP contribution in [0.25, 0.3) is 0 Å². The Labute approximate surface area is 98.0 Å². The molecule has 0 bridgehead atoms. The van der Waals surface area contributed by atoms with E-state index in [1.165, 1.54) is 31.4 Å². The van der Waals surface area contributed by atoms with Gasteiger partial charge in [-0.1, -0.05) is 0 Å². The monoisotopic (exact) mass is 240 g/mol. The maximum atomic E-state index is 12.6. The Morgan fingerprint density at radius 3 is 2.47 bits per heavy atom.